The minimum Gasteiger partial charge on any atom is -0.481 e. The van der Waals surface area contributed by atoms with Crippen LogP contribution in [-0.2, 0) is 28.5 Å². The molecule has 3 aliphatic rings. The number of rotatable bonds is 4. The molecule has 2 saturated heterocycles. The SMILES string of the molecule is CCC1OC(O[C@H]2/C=C/C=C/C=C/C=C/C=C/C=C/C=C/[C@H](C)[C@@H](O)[C@@H](C)[C@H](C)OC(=O)C[C@H](O)C[C@H](O)C[C@H](O)CC[C@@H](O)[C@H](O)C[C@]3(O)C[C@H](O)[C@@H](C(=O)O)C(C2)O3)C(O)C(N)C1O. The fourth-order valence-electron chi connectivity index (χ4n) is 8.19. The molecule has 2 fully saturated rings. The summed E-state index contributed by atoms with van der Waals surface area (Å²) in [5, 5.41) is 119. The Labute approximate surface area is 387 Å². The number of ether oxygens (including phenoxy) is 4. The maximum atomic E-state index is 12.6. The quantitative estimate of drug-likeness (QED) is 0.176. The predicted octanol–water partition coefficient (Wildman–Crippen LogP) is 1.10. The Bertz CT molecular complexity index is 1680. The average molecular weight is 938 g/mol. The van der Waals surface area contributed by atoms with Crippen LogP contribution in [0.1, 0.15) is 85.5 Å². The van der Waals surface area contributed by atoms with E-state index in [2.05, 4.69) is 0 Å². The third-order valence-electron chi connectivity index (χ3n) is 12.3. The van der Waals surface area contributed by atoms with E-state index in [0.717, 1.165) is 0 Å². The van der Waals surface area contributed by atoms with Crippen LogP contribution in [0.25, 0.3) is 0 Å². The van der Waals surface area contributed by atoms with Crippen LogP contribution in [0.2, 0.25) is 0 Å². The molecule has 0 amide bonds. The number of fused-ring (bicyclic) bond motifs is 2. The molecule has 0 spiro atoms. The summed E-state index contributed by atoms with van der Waals surface area (Å²) in [5.41, 5.74) is 6.09. The summed E-state index contributed by atoms with van der Waals surface area (Å²) in [7, 11) is 0. The number of carbonyl (C=O) groups is 2. The molecule has 18 nitrogen and oxygen atoms in total. The van der Waals surface area contributed by atoms with Crippen molar-refractivity contribution in [1.29, 1.82) is 0 Å². The van der Waals surface area contributed by atoms with Gasteiger partial charge in [-0.05, 0) is 39.0 Å². The van der Waals surface area contributed by atoms with Gasteiger partial charge in [-0.2, -0.15) is 0 Å². The van der Waals surface area contributed by atoms with E-state index in [-0.39, 0.29) is 38.0 Å². The van der Waals surface area contributed by atoms with Gasteiger partial charge in [-0.1, -0.05) is 106 Å². The highest BCUT2D eigenvalue weighted by Gasteiger charge is 2.51. The first-order valence-corrected chi connectivity index (χ1v) is 22.9. The lowest BCUT2D eigenvalue weighted by molar-refractivity contribution is -0.310. The summed E-state index contributed by atoms with van der Waals surface area (Å²) in [5.74, 6) is -6.88. The number of allylic oxidation sites excluding steroid dienone is 12. The van der Waals surface area contributed by atoms with E-state index >= 15 is 0 Å². The Morgan fingerprint density at radius 1 is 0.712 bits per heavy atom. The number of aliphatic hydroxyl groups is 10. The molecule has 0 radical (unpaired) electrons. The number of carboxylic acids is 1. The van der Waals surface area contributed by atoms with Gasteiger partial charge in [0, 0.05) is 31.1 Å². The average Bonchev–Trinajstić information content (AvgIpc) is 3.23. The molecule has 3 rings (SSSR count). The maximum Gasteiger partial charge on any atom is 0.311 e. The van der Waals surface area contributed by atoms with Crippen molar-refractivity contribution >= 4 is 11.9 Å². The topological polar surface area (TPSA) is 320 Å². The van der Waals surface area contributed by atoms with E-state index in [4.69, 9.17) is 24.7 Å². The first-order valence-electron chi connectivity index (χ1n) is 22.9. The van der Waals surface area contributed by atoms with Crippen LogP contribution in [0.15, 0.2) is 85.1 Å². The maximum absolute atomic E-state index is 12.6. The van der Waals surface area contributed by atoms with Crippen molar-refractivity contribution in [2.24, 2.45) is 23.5 Å². The van der Waals surface area contributed by atoms with Crippen LogP contribution in [0, 0.1) is 17.8 Å². The Kier molecular flexibility index (Phi) is 24.3. The zero-order valence-electron chi connectivity index (χ0n) is 38.3. The number of hydrogen-bond acceptors (Lipinski definition) is 17. The second-order valence-electron chi connectivity index (χ2n) is 17.8. The summed E-state index contributed by atoms with van der Waals surface area (Å²) in [4.78, 5) is 25.1. The smallest absolute Gasteiger partial charge is 0.311 e. The van der Waals surface area contributed by atoms with Crippen molar-refractivity contribution in [2.45, 2.75) is 183 Å². The third kappa shape index (κ3) is 18.6. The fourth-order valence-corrected chi connectivity index (χ4v) is 8.19. The monoisotopic (exact) mass is 938 g/mol. The van der Waals surface area contributed by atoms with Crippen LogP contribution in [0.5, 0.6) is 0 Å². The van der Waals surface area contributed by atoms with Crippen molar-refractivity contribution in [3.8, 4) is 0 Å². The first-order chi connectivity index (χ1) is 31.2. The minimum atomic E-state index is -2.36. The summed E-state index contributed by atoms with van der Waals surface area (Å²) in [6, 6.07) is -1.14. The normalized spacial score (nSPS) is 45.0. The van der Waals surface area contributed by atoms with Crippen LogP contribution in [-0.4, -0.2) is 166 Å². The number of aliphatic hydroxyl groups excluding tert-OH is 9. The third-order valence-corrected chi connectivity index (χ3v) is 12.3. The molecule has 18 heteroatoms. The largest absolute Gasteiger partial charge is 0.481 e. The predicted molar refractivity (Wildman–Crippen MR) is 242 cm³/mol. The molecule has 19 atom stereocenters. The van der Waals surface area contributed by atoms with Gasteiger partial charge in [0.25, 0.3) is 0 Å². The summed E-state index contributed by atoms with van der Waals surface area (Å²) >= 11 is 0. The first kappa shape index (κ1) is 56.9. The molecule has 3 heterocycles. The van der Waals surface area contributed by atoms with Crippen LogP contribution in [0.3, 0.4) is 0 Å². The number of carbonyl (C=O) groups excluding carboxylic acids is 1. The number of cyclic esters (lactones) is 1. The highest BCUT2D eigenvalue weighted by atomic mass is 16.7. The number of esters is 1. The van der Waals surface area contributed by atoms with Gasteiger partial charge >= 0.3 is 11.9 Å². The van der Waals surface area contributed by atoms with Crippen molar-refractivity contribution < 1.29 is 84.7 Å². The van der Waals surface area contributed by atoms with E-state index in [1.807, 2.05) is 19.1 Å². The Morgan fingerprint density at radius 3 is 1.83 bits per heavy atom. The lowest BCUT2D eigenvalue weighted by atomic mass is 9.82. The Hall–Kier alpha value is -3.44. The molecule has 374 valence electrons. The van der Waals surface area contributed by atoms with Gasteiger partial charge in [0.05, 0.1) is 79.6 Å². The summed E-state index contributed by atoms with van der Waals surface area (Å²) in [6.45, 7) is 6.96. The summed E-state index contributed by atoms with van der Waals surface area (Å²) < 4.78 is 23.4. The zero-order chi connectivity index (χ0) is 49.1. The van der Waals surface area contributed by atoms with E-state index in [9.17, 15) is 65.8 Å². The fraction of sp³-hybridized carbons (Fsp3) is 0.667. The van der Waals surface area contributed by atoms with Crippen LogP contribution >= 0.6 is 0 Å². The lowest BCUT2D eigenvalue weighted by Gasteiger charge is -2.45. The van der Waals surface area contributed by atoms with Crippen molar-refractivity contribution in [1.82, 2.24) is 0 Å². The molecule has 0 aromatic heterocycles. The molecule has 13 N–H and O–H groups in total. The molecule has 0 saturated carbocycles. The second kappa shape index (κ2) is 28.1. The Balaban J connectivity index is 1.87. The number of nitrogens with two attached hydrogens (primary N) is 1. The van der Waals surface area contributed by atoms with Crippen molar-refractivity contribution in [3.63, 3.8) is 0 Å². The minimum absolute atomic E-state index is 0.140. The van der Waals surface area contributed by atoms with E-state index in [0.29, 0.717) is 6.42 Å². The van der Waals surface area contributed by atoms with Crippen molar-refractivity contribution in [2.75, 3.05) is 0 Å². The van der Waals surface area contributed by atoms with Crippen LogP contribution < -0.4 is 5.73 Å². The van der Waals surface area contributed by atoms with E-state index in [1.165, 1.54) is 6.08 Å². The molecule has 0 aromatic carbocycles. The molecule has 0 aliphatic carbocycles. The van der Waals surface area contributed by atoms with Gasteiger partial charge in [0.15, 0.2) is 12.1 Å². The molecule has 2 bridgehead atoms. The molecule has 3 aliphatic heterocycles. The molecule has 66 heavy (non-hydrogen) atoms. The molecular formula is C48H75NO17. The van der Waals surface area contributed by atoms with Crippen LogP contribution in [0.4, 0.5) is 0 Å². The number of carboxylic acid groups (broad SMARTS) is 1. The highest BCUT2D eigenvalue weighted by Crippen LogP contribution is 2.38. The van der Waals surface area contributed by atoms with Gasteiger partial charge in [0.1, 0.15) is 18.1 Å². The van der Waals surface area contributed by atoms with E-state index in [1.54, 1.807) is 87.6 Å². The second-order valence-corrected chi connectivity index (χ2v) is 17.8. The van der Waals surface area contributed by atoms with Crippen molar-refractivity contribution in [3.05, 3.63) is 85.1 Å². The van der Waals surface area contributed by atoms with Gasteiger partial charge in [-0.15, -0.1) is 0 Å². The van der Waals surface area contributed by atoms with Gasteiger partial charge in [-0.25, -0.2) is 0 Å². The molecule has 6 unspecified atom stereocenters. The van der Waals surface area contributed by atoms with Gasteiger partial charge in [-0.3, -0.25) is 9.59 Å². The van der Waals surface area contributed by atoms with E-state index < -0.39 is 141 Å². The molecular weight excluding hydrogens is 863 g/mol. The van der Waals surface area contributed by atoms with Gasteiger partial charge < -0.3 is 80.9 Å². The molecule has 0 aromatic rings. The highest BCUT2D eigenvalue weighted by molar-refractivity contribution is 5.71. The zero-order valence-corrected chi connectivity index (χ0v) is 38.3. The Morgan fingerprint density at radius 2 is 1.26 bits per heavy atom. The standard InChI is InChI=1S/C48H75NO17/c1-5-38-44(58)42(49)45(59)47(65-38)64-34-19-17-15-13-11-9-7-6-8-10-12-14-16-18-28(2)43(57)29(3)30(4)63-40(56)24-33(52)23-32(51)22-31(50)20-21-35(53)36(54)26-48(62)27-37(55)41(46(60)61)39(25-34)66-48/h6-19,28-39,41-45,47,50-55,57-59,62H,5,20-27,49H2,1-4H3,(H,60,61)/b7-6+,10-8+,11-9+,14-12+,15-13+,18-16+,19-17+/t28-,29-,30-,31+,32+,33+,34-,35+,36+,37-,38?,39?,41+,42?,43+,44?,45?,47?,48+/m0/s1. The number of aliphatic carboxylic acids is 1. The number of hydrogen-bond donors (Lipinski definition) is 12. The summed E-state index contributed by atoms with van der Waals surface area (Å²) in [6.07, 6.45) is 3.94. The lowest BCUT2D eigenvalue weighted by Crippen LogP contribution is -2.62. The van der Waals surface area contributed by atoms with Gasteiger partial charge in [0.2, 0.25) is 0 Å².